The first-order valence-electron chi connectivity index (χ1n) is 6.89. The Kier molecular flexibility index (Phi) is 8.29. The fourth-order valence-corrected chi connectivity index (χ4v) is 3.23. The number of halogens is 2. The van der Waals surface area contributed by atoms with Crippen LogP contribution in [0.4, 0.5) is 0 Å². The van der Waals surface area contributed by atoms with Crippen LogP contribution in [0.15, 0.2) is 0 Å². The summed E-state index contributed by atoms with van der Waals surface area (Å²) in [4.78, 5) is 14.3. The van der Waals surface area contributed by atoms with Crippen LogP contribution in [0.5, 0.6) is 0 Å². The lowest BCUT2D eigenvalue weighted by atomic mass is 9.82. The molecule has 1 amide bonds. The minimum Gasteiger partial charge on any atom is -0.352 e. The standard InChI is InChI=1S/C13H25N3O.2ClH/c1-3-12(14)13(17)15-9-7-10-5-4-6-11(8-9)16(10)2;;/h9-12H,3-8,14H2,1-2H3,(H,15,17);2*1H/t9?,10?,11?,12-;;/m0../s1. The summed E-state index contributed by atoms with van der Waals surface area (Å²) in [5, 5.41) is 3.13. The van der Waals surface area contributed by atoms with Gasteiger partial charge in [0.2, 0.25) is 5.91 Å². The number of hydrogen-bond donors (Lipinski definition) is 2. The lowest BCUT2D eigenvalue weighted by Crippen LogP contribution is -2.56. The van der Waals surface area contributed by atoms with E-state index in [2.05, 4.69) is 17.3 Å². The van der Waals surface area contributed by atoms with E-state index in [0.717, 1.165) is 12.8 Å². The van der Waals surface area contributed by atoms with Gasteiger partial charge < -0.3 is 16.0 Å². The van der Waals surface area contributed by atoms with Crippen molar-refractivity contribution in [3.63, 3.8) is 0 Å². The maximum Gasteiger partial charge on any atom is 0.237 e. The summed E-state index contributed by atoms with van der Waals surface area (Å²) in [5.74, 6) is 0.0279. The third kappa shape index (κ3) is 4.48. The number of hydrogen-bond acceptors (Lipinski definition) is 3. The van der Waals surface area contributed by atoms with Gasteiger partial charge in [0.05, 0.1) is 6.04 Å². The number of nitrogens with one attached hydrogen (secondary N) is 1. The van der Waals surface area contributed by atoms with Gasteiger partial charge in [0.25, 0.3) is 0 Å². The second kappa shape index (κ2) is 8.30. The van der Waals surface area contributed by atoms with Crippen molar-refractivity contribution in [3.05, 3.63) is 0 Å². The maximum atomic E-state index is 11.8. The van der Waals surface area contributed by atoms with Gasteiger partial charge in [-0.1, -0.05) is 13.3 Å². The van der Waals surface area contributed by atoms with E-state index < -0.39 is 0 Å². The lowest BCUT2D eigenvalue weighted by Gasteiger charge is -2.47. The molecule has 4 nitrogen and oxygen atoms in total. The SMILES string of the molecule is CC[C@H](N)C(=O)NC1CC2CCCC(C1)N2C.Cl.Cl. The Bertz CT molecular complexity index is 277. The van der Waals surface area contributed by atoms with Crippen LogP contribution >= 0.6 is 24.8 Å². The van der Waals surface area contributed by atoms with Crippen LogP contribution in [0.2, 0.25) is 0 Å². The first-order valence-corrected chi connectivity index (χ1v) is 6.89. The molecule has 0 aliphatic carbocycles. The van der Waals surface area contributed by atoms with Crippen molar-refractivity contribution in [2.24, 2.45) is 5.73 Å². The second-order valence-corrected chi connectivity index (χ2v) is 5.60. The third-order valence-electron chi connectivity index (χ3n) is 4.46. The average Bonchev–Trinajstić information content (AvgIpc) is 2.29. The molecule has 0 aromatic heterocycles. The molecule has 19 heavy (non-hydrogen) atoms. The summed E-state index contributed by atoms with van der Waals surface area (Å²) in [6.45, 7) is 1.95. The zero-order valence-corrected chi connectivity index (χ0v) is 13.4. The Balaban J connectivity index is 0.00000162. The van der Waals surface area contributed by atoms with Gasteiger partial charge >= 0.3 is 0 Å². The molecule has 2 unspecified atom stereocenters. The first-order chi connectivity index (χ1) is 8.11. The van der Waals surface area contributed by atoms with Crippen molar-refractivity contribution in [2.75, 3.05) is 7.05 Å². The number of nitrogens with zero attached hydrogens (tertiary/aromatic N) is 1. The molecule has 6 heteroatoms. The summed E-state index contributed by atoms with van der Waals surface area (Å²) in [6.07, 6.45) is 6.79. The highest BCUT2D eigenvalue weighted by Gasteiger charge is 2.36. The first kappa shape index (κ1) is 19.0. The van der Waals surface area contributed by atoms with Crippen LogP contribution in [-0.4, -0.2) is 42.0 Å². The number of carbonyl (C=O) groups excluding carboxylic acids is 1. The minimum atomic E-state index is -0.338. The van der Waals surface area contributed by atoms with Crippen LogP contribution in [0, 0.1) is 0 Å². The molecular weight excluding hydrogens is 285 g/mol. The predicted octanol–water partition coefficient (Wildman–Crippen LogP) is 1.70. The quantitative estimate of drug-likeness (QED) is 0.834. The molecule has 0 spiro atoms. The number of nitrogens with two attached hydrogens (primary N) is 1. The van der Waals surface area contributed by atoms with Crippen molar-refractivity contribution >= 4 is 30.7 Å². The van der Waals surface area contributed by atoms with Gasteiger partial charge in [-0.05, 0) is 39.2 Å². The van der Waals surface area contributed by atoms with Crippen LogP contribution in [0.1, 0.15) is 45.4 Å². The van der Waals surface area contributed by atoms with Gasteiger partial charge in [-0.2, -0.15) is 0 Å². The van der Waals surface area contributed by atoms with Crippen molar-refractivity contribution in [3.8, 4) is 0 Å². The Labute approximate surface area is 128 Å². The molecule has 2 fully saturated rings. The normalized spacial score (nSPS) is 31.6. The Morgan fingerprint density at radius 3 is 2.32 bits per heavy atom. The highest BCUT2D eigenvalue weighted by Crippen LogP contribution is 2.32. The molecule has 0 saturated carbocycles. The van der Waals surface area contributed by atoms with Gasteiger partial charge in [-0.15, -0.1) is 24.8 Å². The van der Waals surface area contributed by atoms with Gasteiger partial charge in [0, 0.05) is 18.1 Å². The molecule has 2 bridgehead atoms. The molecule has 0 radical (unpaired) electrons. The smallest absolute Gasteiger partial charge is 0.237 e. The van der Waals surface area contributed by atoms with E-state index in [4.69, 9.17) is 5.73 Å². The van der Waals surface area contributed by atoms with Crippen LogP contribution in [-0.2, 0) is 4.79 Å². The lowest BCUT2D eigenvalue weighted by molar-refractivity contribution is -0.123. The topological polar surface area (TPSA) is 58.4 Å². The number of piperidine rings is 2. The van der Waals surface area contributed by atoms with Gasteiger partial charge in [-0.25, -0.2) is 0 Å². The molecule has 0 aromatic carbocycles. The zero-order valence-electron chi connectivity index (χ0n) is 11.8. The van der Waals surface area contributed by atoms with E-state index in [1.807, 2.05) is 6.92 Å². The fourth-order valence-electron chi connectivity index (χ4n) is 3.23. The monoisotopic (exact) mass is 311 g/mol. The maximum absolute atomic E-state index is 11.8. The molecule has 3 atom stereocenters. The van der Waals surface area contributed by atoms with E-state index in [-0.39, 0.29) is 36.8 Å². The molecule has 2 rings (SSSR count). The minimum absolute atomic E-state index is 0. The second-order valence-electron chi connectivity index (χ2n) is 5.60. The molecule has 2 heterocycles. The van der Waals surface area contributed by atoms with Crippen molar-refractivity contribution in [1.82, 2.24) is 10.2 Å². The van der Waals surface area contributed by atoms with E-state index in [1.165, 1.54) is 19.3 Å². The fraction of sp³-hybridized carbons (Fsp3) is 0.923. The third-order valence-corrected chi connectivity index (χ3v) is 4.46. The molecule has 0 aromatic rings. The van der Waals surface area contributed by atoms with E-state index in [9.17, 15) is 4.79 Å². The van der Waals surface area contributed by atoms with E-state index >= 15 is 0 Å². The average molecular weight is 312 g/mol. The number of rotatable bonds is 3. The molecule has 3 N–H and O–H groups in total. The summed E-state index contributed by atoms with van der Waals surface area (Å²) in [6, 6.07) is 1.32. The Morgan fingerprint density at radius 1 is 1.32 bits per heavy atom. The summed E-state index contributed by atoms with van der Waals surface area (Å²) >= 11 is 0. The largest absolute Gasteiger partial charge is 0.352 e. The Morgan fingerprint density at radius 2 is 1.84 bits per heavy atom. The van der Waals surface area contributed by atoms with Crippen molar-refractivity contribution in [1.29, 1.82) is 0 Å². The molecular formula is C13H27Cl2N3O. The van der Waals surface area contributed by atoms with Crippen LogP contribution < -0.4 is 11.1 Å². The predicted molar refractivity (Wildman–Crippen MR) is 83.1 cm³/mol. The number of carbonyl (C=O) groups is 1. The summed E-state index contributed by atoms with van der Waals surface area (Å²) < 4.78 is 0. The van der Waals surface area contributed by atoms with Gasteiger partial charge in [0.1, 0.15) is 0 Å². The highest BCUT2D eigenvalue weighted by atomic mass is 35.5. The van der Waals surface area contributed by atoms with Crippen LogP contribution in [0.3, 0.4) is 0 Å². The molecule has 2 aliphatic heterocycles. The number of amides is 1. The van der Waals surface area contributed by atoms with Crippen molar-refractivity contribution < 1.29 is 4.79 Å². The number of fused-ring (bicyclic) bond motifs is 2. The summed E-state index contributed by atoms with van der Waals surface area (Å²) in [5.41, 5.74) is 5.75. The summed E-state index contributed by atoms with van der Waals surface area (Å²) in [7, 11) is 2.23. The zero-order chi connectivity index (χ0) is 12.4. The van der Waals surface area contributed by atoms with Gasteiger partial charge in [-0.3, -0.25) is 4.79 Å². The highest BCUT2D eigenvalue weighted by molar-refractivity contribution is 5.85. The Hall–Kier alpha value is -0.0300. The van der Waals surface area contributed by atoms with Crippen LogP contribution in [0.25, 0.3) is 0 Å². The molecule has 2 aliphatic rings. The van der Waals surface area contributed by atoms with E-state index in [0.29, 0.717) is 24.5 Å². The van der Waals surface area contributed by atoms with Crippen molar-refractivity contribution in [2.45, 2.75) is 69.6 Å². The molecule has 2 saturated heterocycles. The van der Waals surface area contributed by atoms with Gasteiger partial charge in [0.15, 0.2) is 0 Å². The molecule has 114 valence electrons. The van der Waals surface area contributed by atoms with E-state index in [1.54, 1.807) is 0 Å².